The molecule has 5 nitrogen and oxygen atoms in total. The Hall–Kier alpha value is -1.72. The molecule has 2 aromatic rings. The Balaban J connectivity index is 2.71. The van der Waals surface area contributed by atoms with Crippen molar-refractivity contribution < 1.29 is 13.9 Å². The summed E-state index contributed by atoms with van der Waals surface area (Å²) < 4.78 is 10.4. The van der Waals surface area contributed by atoms with E-state index < -0.39 is 5.91 Å². The predicted molar refractivity (Wildman–Crippen MR) is 59.4 cm³/mol. The third-order valence-electron chi connectivity index (χ3n) is 2.15. The van der Waals surface area contributed by atoms with Crippen molar-refractivity contribution in [3.8, 4) is 5.75 Å². The summed E-state index contributed by atoms with van der Waals surface area (Å²) in [4.78, 5) is 11.4. The number of ether oxygens (including phenoxy) is 1. The number of amides is 1. The standard InChI is InChI=1S/C10H9ClN2O3/c1-15-8-6-4-5(11)2-3-7(6)16-9(8)10(14)13-12/h2-4H,12H2,1H3,(H,13,14). The Bertz CT molecular complexity index is 550. The second kappa shape index (κ2) is 4.03. The van der Waals surface area contributed by atoms with Crippen LogP contribution in [-0.2, 0) is 0 Å². The van der Waals surface area contributed by atoms with E-state index >= 15 is 0 Å². The fraction of sp³-hybridized carbons (Fsp3) is 0.100. The van der Waals surface area contributed by atoms with Crippen LogP contribution < -0.4 is 16.0 Å². The van der Waals surface area contributed by atoms with Crippen LogP contribution in [0.3, 0.4) is 0 Å². The molecule has 0 fully saturated rings. The molecule has 0 radical (unpaired) electrons. The molecule has 1 aromatic heterocycles. The van der Waals surface area contributed by atoms with E-state index in [2.05, 4.69) is 0 Å². The molecule has 1 amide bonds. The van der Waals surface area contributed by atoms with E-state index in [1.54, 1.807) is 18.2 Å². The summed E-state index contributed by atoms with van der Waals surface area (Å²) in [6.45, 7) is 0. The Kier molecular flexibility index (Phi) is 2.72. The van der Waals surface area contributed by atoms with Crippen LogP contribution in [0.4, 0.5) is 0 Å². The van der Waals surface area contributed by atoms with Crippen LogP contribution in [0.25, 0.3) is 11.0 Å². The molecule has 1 heterocycles. The molecule has 0 aliphatic carbocycles. The van der Waals surface area contributed by atoms with E-state index in [-0.39, 0.29) is 5.76 Å². The van der Waals surface area contributed by atoms with Crippen LogP contribution in [0.5, 0.6) is 5.75 Å². The molecule has 0 atom stereocenters. The number of hydrogen-bond donors (Lipinski definition) is 2. The Morgan fingerprint density at radius 1 is 1.56 bits per heavy atom. The maximum Gasteiger partial charge on any atom is 0.304 e. The molecule has 0 unspecified atom stereocenters. The SMILES string of the molecule is COc1c(C(=O)NN)oc2ccc(Cl)cc12. The van der Waals surface area contributed by atoms with Crippen molar-refractivity contribution in [1.29, 1.82) is 0 Å². The first-order valence-corrected chi connectivity index (χ1v) is 4.82. The number of nitrogens with two attached hydrogens (primary N) is 1. The quantitative estimate of drug-likeness (QED) is 0.476. The zero-order valence-corrected chi connectivity index (χ0v) is 9.17. The minimum Gasteiger partial charge on any atom is -0.492 e. The minimum absolute atomic E-state index is 0.0299. The number of halogens is 1. The topological polar surface area (TPSA) is 77.5 Å². The average Bonchev–Trinajstić information content (AvgIpc) is 2.65. The second-order valence-corrected chi connectivity index (χ2v) is 3.51. The van der Waals surface area contributed by atoms with Gasteiger partial charge in [0.15, 0.2) is 5.75 Å². The molecule has 16 heavy (non-hydrogen) atoms. The average molecular weight is 241 g/mol. The summed E-state index contributed by atoms with van der Waals surface area (Å²) in [7, 11) is 1.44. The monoisotopic (exact) mass is 240 g/mol. The van der Waals surface area contributed by atoms with E-state index in [1.807, 2.05) is 5.43 Å². The number of carbonyl (C=O) groups is 1. The van der Waals surface area contributed by atoms with Gasteiger partial charge in [-0.1, -0.05) is 11.6 Å². The Morgan fingerprint density at radius 3 is 2.94 bits per heavy atom. The molecule has 0 saturated carbocycles. The zero-order valence-electron chi connectivity index (χ0n) is 8.41. The Labute approximate surface area is 96.1 Å². The summed E-state index contributed by atoms with van der Waals surface area (Å²) in [5.74, 6) is 4.84. The van der Waals surface area contributed by atoms with Crippen molar-refractivity contribution >= 4 is 28.5 Å². The van der Waals surface area contributed by atoms with Crippen molar-refractivity contribution in [3.05, 3.63) is 29.0 Å². The van der Waals surface area contributed by atoms with E-state index in [0.717, 1.165) is 0 Å². The highest BCUT2D eigenvalue weighted by Crippen LogP contribution is 2.34. The second-order valence-electron chi connectivity index (χ2n) is 3.08. The number of hydrazine groups is 1. The Morgan fingerprint density at radius 2 is 2.31 bits per heavy atom. The van der Waals surface area contributed by atoms with Gasteiger partial charge in [-0.15, -0.1) is 0 Å². The van der Waals surface area contributed by atoms with Crippen LogP contribution in [-0.4, -0.2) is 13.0 Å². The molecular weight excluding hydrogens is 232 g/mol. The normalized spacial score (nSPS) is 10.4. The number of nitrogens with one attached hydrogen (secondary N) is 1. The van der Waals surface area contributed by atoms with E-state index in [9.17, 15) is 4.79 Å². The van der Waals surface area contributed by atoms with Crippen LogP contribution in [0.2, 0.25) is 5.02 Å². The smallest absolute Gasteiger partial charge is 0.304 e. The van der Waals surface area contributed by atoms with Crippen molar-refractivity contribution in [1.82, 2.24) is 5.43 Å². The summed E-state index contributed by atoms with van der Waals surface area (Å²) in [6, 6.07) is 4.98. The van der Waals surface area contributed by atoms with Gasteiger partial charge in [0.2, 0.25) is 5.76 Å². The van der Waals surface area contributed by atoms with Gasteiger partial charge in [0.05, 0.1) is 12.5 Å². The molecule has 84 valence electrons. The van der Waals surface area contributed by atoms with Crippen LogP contribution >= 0.6 is 11.6 Å². The lowest BCUT2D eigenvalue weighted by Crippen LogP contribution is -2.29. The van der Waals surface area contributed by atoms with Gasteiger partial charge in [0, 0.05) is 5.02 Å². The third-order valence-corrected chi connectivity index (χ3v) is 2.38. The molecule has 0 bridgehead atoms. The van der Waals surface area contributed by atoms with Crippen LogP contribution in [0.15, 0.2) is 22.6 Å². The molecule has 3 N–H and O–H groups in total. The van der Waals surface area contributed by atoms with Gasteiger partial charge in [-0.3, -0.25) is 10.2 Å². The number of furan rings is 1. The number of fused-ring (bicyclic) bond motifs is 1. The van der Waals surface area contributed by atoms with Gasteiger partial charge in [-0.25, -0.2) is 5.84 Å². The highest BCUT2D eigenvalue weighted by Gasteiger charge is 2.20. The first-order valence-electron chi connectivity index (χ1n) is 4.44. The van der Waals surface area contributed by atoms with Crippen molar-refractivity contribution in [2.45, 2.75) is 0 Å². The number of carbonyl (C=O) groups excluding carboxylic acids is 1. The van der Waals surface area contributed by atoms with Crippen molar-refractivity contribution in [2.24, 2.45) is 5.84 Å². The van der Waals surface area contributed by atoms with Gasteiger partial charge >= 0.3 is 5.91 Å². The molecule has 0 spiro atoms. The zero-order chi connectivity index (χ0) is 11.7. The highest BCUT2D eigenvalue weighted by molar-refractivity contribution is 6.31. The lowest BCUT2D eigenvalue weighted by Gasteiger charge is -1.99. The van der Waals surface area contributed by atoms with Crippen molar-refractivity contribution in [3.63, 3.8) is 0 Å². The fourth-order valence-electron chi connectivity index (χ4n) is 1.46. The molecule has 2 rings (SSSR count). The van der Waals surface area contributed by atoms with E-state index in [4.69, 9.17) is 26.6 Å². The summed E-state index contributed by atoms with van der Waals surface area (Å²) >= 11 is 5.85. The van der Waals surface area contributed by atoms with E-state index in [1.165, 1.54) is 7.11 Å². The predicted octanol–water partition coefficient (Wildman–Crippen LogP) is 1.70. The lowest BCUT2D eigenvalue weighted by atomic mass is 10.2. The first-order chi connectivity index (χ1) is 7.67. The van der Waals surface area contributed by atoms with Gasteiger partial charge < -0.3 is 9.15 Å². The maximum absolute atomic E-state index is 11.4. The highest BCUT2D eigenvalue weighted by atomic mass is 35.5. The third kappa shape index (κ3) is 1.60. The number of rotatable bonds is 2. The van der Waals surface area contributed by atoms with Crippen LogP contribution in [0.1, 0.15) is 10.6 Å². The first kappa shape index (κ1) is 10.8. The number of benzene rings is 1. The van der Waals surface area contributed by atoms with Gasteiger partial charge in [0.1, 0.15) is 5.58 Å². The minimum atomic E-state index is -0.552. The molecule has 1 aromatic carbocycles. The fourth-order valence-corrected chi connectivity index (χ4v) is 1.64. The lowest BCUT2D eigenvalue weighted by molar-refractivity contribution is 0.0924. The summed E-state index contributed by atoms with van der Waals surface area (Å²) in [5, 5.41) is 1.17. The largest absolute Gasteiger partial charge is 0.492 e. The molecule has 0 saturated heterocycles. The van der Waals surface area contributed by atoms with Gasteiger partial charge in [-0.05, 0) is 18.2 Å². The summed E-state index contributed by atoms with van der Waals surface area (Å²) in [6.07, 6.45) is 0. The molecule has 0 aliphatic heterocycles. The van der Waals surface area contributed by atoms with Crippen LogP contribution in [0, 0.1) is 0 Å². The number of methoxy groups -OCH3 is 1. The molecular formula is C10H9ClN2O3. The maximum atomic E-state index is 11.4. The molecule has 0 aliphatic rings. The van der Waals surface area contributed by atoms with Crippen molar-refractivity contribution in [2.75, 3.05) is 7.11 Å². The van der Waals surface area contributed by atoms with E-state index in [0.29, 0.717) is 21.7 Å². The van der Waals surface area contributed by atoms with Gasteiger partial charge in [-0.2, -0.15) is 0 Å². The number of hydrogen-bond acceptors (Lipinski definition) is 4. The molecule has 6 heteroatoms. The number of nitrogen functional groups attached to an aromatic ring is 1. The van der Waals surface area contributed by atoms with Gasteiger partial charge in [0.25, 0.3) is 0 Å². The summed E-state index contributed by atoms with van der Waals surface area (Å²) in [5.41, 5.74) is 2.50.